The van der Waals surface area contributed by atoms with Gasteiger partial charge in [-0.25, -0.2) is 22.9 Å². The van der Waals surface area contributed by atoms with E-state index in [0.717, 1.165) is 40.8 Å². The maximum Gasteiger partial charge on any atom is 0.410 e. The fourth-order valence-corrected chi connectivity index (χ4v) is 7.02. The number of alkyl halides is 1. The minimum atomic E-state index is -1.64. The van der Waals surface area contributed by atoms with Crippen molar-refractivity contribution in [1.82, 2.24) is 29.6 Å². The molecule has 0 radical (unpaired) electrons. The molecule has 0 bridgehead atoms. The van der Waals surface area contributed by atoms with Gasteiger partial charge in [0.15, 0.2) is 0 Å². The zero-order chi connectivity index (χ0) is 43.2. The second-order valence-electron chi connectivity index (χ2n) is 16.2. The summed E-state index contributed by atoms with van der Waals surface area (Å²) >= 11 is 0. The molecular weight excluding hydrogens is 773 g/mol. The van der Waals surface area contributed by atoms with E-state index in [-0.39, 0.29) is 69.6 Å². The minimum absolute atomic E-state index is 0.000152. The lowest BCUT2D eigenvalue weighted by Crippen LogP contribution is -2.54. The number of carbonyl (C=O) groups is 5. The number of imidazole rings is 1. The Balaban J connectivity index is 1.53. The third-order valence-corrected chi connectivity index (χ3v) is 10.0. The van der Waals surface area contributed by atoms with E-state index in [4.69, 9.17) is 14.5 Å². The van der Waals surface area contributed by atoms with Crippen LogP contribution in [0.3, 0.4) is 0 Å². The van der Waals surface area contributed by atoms with Crippen LogP contribution in [0.4, 0.5) is 18.0 Å². The summed E-state index contributed by atoms with van der Waals surface area (Å²) < 4.78 is 58.5. The average Bonchev–Trinajstić information content (AvgIpc) is 3.85. The van der Waals surface area contributed by atoms with Gasteiger partial charge in [-0.3, -0.25) is 24.1 Å². The number of nitrogens with zero attached hydrogens (tertiary/aromatic N) is 5. The van der Waals surface area contributed by atoms with Crippen molar-refractivity contribution >= 4 is 29.7 Å². The molecule has 3 heterocycles. The number of hydrogen-bond acceptors (Lipinski definition) is 9. The van der Waals surface area contributed by atoms with Crippen LogP contribution in [0.15, 0.2) is 66.9 Å². The van der Waals surface area contributed by atoms with Crippen molar-refractivity contribution in [2.24, 2.45) is 11.3 Å². The number of hydrogen-bond donors (Lipinski definition) is 2. The molecule has 1 saturated heterocycles. The molecule has 14 nitrogen and oxygen atoms in total. The Morgan fingerprint density at radius 2 is 1.68 bits per heavy atom. The molecule has 1 aromatic heterocycles. The highest BCUT2D eigenvalue weighted by molar-refractivity contribution is 6.12. The molecule has 3 aromatic rings. The van der Waals surface area contributed by atoms with Crippen molar-refractivity contribution in [2.45, 2.75) is 72.0 Å². The van der Waals surface area contributed by atoms with E-state index >= 15 is 8.78 Å². The van der Waals surface area contributed by atoms with Gasteiger partial charge in [0.05, 0.1) is 37.4 Å². The second-order valence-corrected chi connectivity index (χ2v) is 16.2. The van der Waals surface area contributed by atoms with E-state index in [1.54, 1.807) is 37.5 Å². The molecule has 17 heteroatoms. The zero-order valence-electron chi connectivity index (χ0n) is 34.0. The smallest absolute Gasteiger partial charge is 0.410 e. The number of carbonyl (C=O) groups excluding carboxylic acids is 5. The zero-order valence-corrected chi connectivity index (χ0v) is 34.0. The maximum atomic E-state index is 16.0. The lowest BCUT2D eigenvalue weighted by Gasteiger charge is -2.42. The number of benzene rings is 2. The number of nitrogens with one attached hydrogen (secondary N) is 1. The van der Waals surface area contributed by atoms with Crippen LogP contribution in [0, 0.1) is 23.0 Å². The fraction of sp³-hybridized carbons (Fsp3) is 0.476. The lowest BCUT2D eigenvalue weighted by molar-refractivity contribution is -0.150. The quantitative estimate of drug-likeness (QED) is 0.157. The third-order valence-electron chi connectivity index (χ3n) is 10.0. The number of likely N-dealkylation sites (tertiary alicyclic amines) is 1. The number of aliphatic hydroxyl groups excluding tert-OH is 1. The molecular formula is C42H51F3N6O8. The molecule has 5 rings (SSSR count). The van der Waals surface area contributed by atoms with Gasteiger partial charge in [0.1, 0.15) is 41.4 Å². The molecule has 59 heavy (non-hydrogen) atoms. The molecule has 2 aliphatic rings. The Kier molecular flexibility index (Phi) is 14.0. The number of imide groups is 1. The van der Waals surface area contributed by atoms with Crippen molar-refractivity contribution < 1.29 is 51.7 Å². The van der Waals surface area contributed by atoms with Crippen LogP contribution in [0.2, 0.25) is 0 Å². The lowest BCUT2D eigenvalue weighted by atomic mass is 9.80. The van der Waals surface area contributed by atoms with Gasteiger partial charge in [0, 0.05) is 56.0 Å². The molecule has 5 amide bonds. The molecule has 2 N–H and O–H groups in total. The van der Waals surface area contributed by atoms with Crippen molar-refractivity contribution in [3.05, 3.63) is 89.9 Å². The predicted molar refractivity (Wildman–Crippen MR) is 209 cm³/mol. The van der Waals surface area contributed by atoms with Gasteiger partial charge in [0.2, 0.25) is 5.91 Å². The molecule has 1 fully saturated rings. The van der Waals surface area contributed by atoms with E-state index in [9.17, 15) is 33.5 Å². The van der Waals surface area contributed by atoms with E-state index < -0.39 is 76.6 Å². The Morgan fingerprint density at radius 3 is 2.32 bits per heavy atom. The molecule has 0 aliphatic carbocycles. The number of rotatable bonds is 16. The molecule has 318 valence electrons. The van der Waals surface area contributed by atoms with Gasteiger partial charge in [-0.05, 0) is 65.3 Å². The van der Waals surface area contributed by atoms with Crippen LogP contribution in [0.25, 0.3) is 11.3 Å². The SMILES string of the molecule is C[C@H](O)C(=O)N(CC1CN(C(=O)OC(C)(C)C)CC1F)[C@@H](c1nc(-c2cc(F)ccc2F)cn1Cc1ccccc1)C(C)(C)C(=O)NCCOCCN1C(=O)C=CC1=O. The van der Waals surface area contributed by atoms with Crippen LogP contribution in [0.5, 0.6) is 0 Å². The van der Waals surface area contributed by atoms with Crippen LogP contribution in [-0.2, 0) is 35.2 Å². The van der Waals surface area contributed by atoms with E-state index in [0.29, 0.717) is 0 Å². The molecule has 0 spiro atoms. The number of amides is 5. The normalized spacial score (nSPS) is 18.0. The van der Waals surface area contributed by atoms with Crippen molar-refractivity contribution in [2.75, 3.05) is 45.9 Å². The monoisotopic (exact) mass is 824 g/mol. The average molecular weight is 825 g/mol. The minimum Gasteiger partial charge on any atom is -0.444 e. The Bertz CT molecular complexity index is 2030. The summed E-state index contributed by atoms with van der Waals surface area (Å²) in [7, 11) is 0. The Hall–Kier alpha value is -5.55. The van der Waals surface area contributed by atoms with Gasteiger partial charge in [0.25, 0.3) is 17.7 Å². The topological polar surface area (TPSA) is 164 Å². The first-order valence-electron chi connectivity index (χ1n) is 19.3. The fourth-order valence-electron chi connectivity index (χ4n) is 7.02. The van der Waals surface area contributed by atoms with Crippen molar-refractivity contribution in [3.63, 3.8) is 0 Å². The first-order chi connectivity index (χ1) is 27.8. The number of aromatic nitrogens is 2. The maximum absolute atomic E-state index is 16.0. The number of aliphatic hydroxyl groups is 1. The van der Waals surface area contributed by atoms with Gasteiger partial charge < -0.3 is 34.3 Å². The molecule has 4 atom stereocenters. The van der Waals surface area contributed by atoms with E-state index in [1.807, 2.05) is 18.2 Å². The molecule has 2 aliphatic heterocycles. The first-order valence-corrected chi connectivity index (χ1v) is 19.3. The highest BCUT2D eigenvalue weighted by Gasteiger charge is 2.49. The molecule has 2 unspecified atom stereocenters. The predicted octanol–water partition coefficient (Wildman–Crippen LogP) is 4.42. The largest absolute Gasteiger partial charge is 0.444 e. The first kappa shape index (κ1) is 44.6. The van der Waals surface area contributed by atoms with Crippen molar-refractivity contribution in [3.8, 4) is 11.3 Å². The van der Waals surface area contributed by atoms with Gasteiger partial charge in [-0.15, -0.1) is 0 Å². The molecule has 0 saturated carbocycles. The summed E-state index contributed by atoms with van der Waals surface area (Å²) in [6.45, 7) is 8.49. The highest BCUT2D eigenvalue weighted by Crippen LogP contribution is 2.42. The van der Waals surface area contributed by atoms with Crippen LogP contribution >= 0.6 is 0 Å². The Labute approximate surface area is 340 Å². The number of ether oxygens (including phenoxy) is 2. The van der Waals surface area contributed by atoms with Crippen LogP contribution in [-0.4, -0.2) is 123 Å². The highest BCUT2D eigenvalue weighted by atomic mass is 19.1. The summed E-state index contributed by atoms with van der Waals surface area (Å²) in [5, 5.41) is 13.6. The third kappa shape index (κ3) is 10.9. The Morgan fingerprint density at radius 1 is 1.00 bits per heavy atom. The summed E-state index contributed by atoms with van der Waals surface area (Å²) in [5.74, 6) is -4.88. The van der Waals surface area contributed by atoms with Crippen LogP contribution < -0.4 is 5.32 Å². The van der Waals surface area contributed by atoms with Gasteiger partial charge >= 0.3 is 6.09 Å². The standard InChI is InChI=1S/C42H51F3N6O8/c1-26(52)38(55)51(23-28-22-49(24-32(28)45)40(57)59-41(2,3)4)36(42(5,6)39(56)46-16-18-58-19-17-50-34(53)14-15-35(50)54)37-47-33(30-20-29(43)12-13-31(30)44)25-48(37)21-27-10-8-7-9-11-27/h7-15,20,25-26,28,32,36,52H,16-19,21-24H2,1-6H3,(H,46,56)/t26-,28?,32?,36-/m0/s1. The second kappa shape index (κ2) is 18.6. The van der Waals surface area contributed by atoms with Gasteiger partial charge in [-0.1, -0.05) is 30.3 Å². The number of halogens is 3. The molecule has 2 aromatic carbocycles. The summed E-state index contributed by atoms with van der Waals surface area (Å²) in [6.07, 6.45) is -0.231. The summed E-state index contributed by atoms with van der Waals surface area (Å²) in [5.41, 5.74) is -1.95. The van der Waals surface area contributed by atoms with Crippen LogP contribution in [0.1, 0.15) is 59.0 Å². The van der Waals surface area contributed by atoms with Gasteiger partial charge in [-0.2, -0.15) is 0 Å². The van der Waals surface area contributed by atoms with E-state index in [1.165, 1.54) is 36.8 Å². The van der Waals surface area contributed by atoms with E-state index in [2.05, 4.69) is 5.32 Å². The summed E-state index contributed by atoms with van der Waals surface area (Å²) in [4.78, 5) is 73.5. The summed E-state index contributed by atoms with van der Waals surface area (Å²) in [6, 6.07) is 10.6. The van der Waals surface area contributed by atoms with Crippen molar-refractivity contribution in [1.29, 1.82) is 0 Å².